The number of hydrogen-bond acceptors (Lipinski definition) is 4. The number of nitrogens with one attached hydrogen (secondary N) is 1. The van der Waals surface area contributed by atoms with Crippen LogP contribution in [0.4, 0.5) is 4.39 Å². The van der Waals surface area contributed by atoms with Gasteiger partial charge in [-0.2, -0.15) is 4.39 Å². The maximum Gasteiger partial charge on any atom is 0.256 e. The highest BCUT2D eigenvalue weighted by atomic mass is 19.1. The fraction of sp³-hybridized carbons (Fsp3) is 0.333. The monoisotopic (exact) mass is 330 g/mol. The highest BCUT2D eigenvalue weighted by molar-refractivity contribution is 5.86. The number of aromatic nitrogens is 1. The minimum absolute atomic E-state index is 0.264. The first kappa shape index (κ1) is 16.4. The molecule has 24 heavy (non-hydrogen) atoms. The van der Waals surface area contributed by atoms with Crippen LogP contribution in [0.15, 0.2) is 42.5 Å². The van der Waals surface area contributed by atoms with Crippen molar-refractivity contribution < 1.29 is 19.0 Å². The number of aryl methyl sites for hydroxylation is 1. The van der Waals surface area contributed by atoms with Gasteiger partial charge in [-0.3, -0.25) is 4.79 Å². The van der Waals surface area contributed by atoms with Gasteiger partial charge in [0.25, 0.3) is 5.91 Å². The maximum absolute atomic E-state index is 13.2. The van der Waals surface area contributed by atoms with Gasteiger partial charge in [0.05, 0.1) is 12.2 Å². The zero-order valence-electron chi connectivity index (χ0n) is 13.2. The summed E-state index contributed by atoms with van der Waals surface area (Å²) in [6.07, 6.45) is 1.42. The van der Waals surface area contributed by atoms with E-state index in [1.54, 1.807) is 0 Å². The quantitative estimate of drug-likeness (QED) is 0.649. The average Bonchev–Trinajstić information content (AvgIpc) is 2.59. The highest BCUT2D eigenvalue weighted by Gasteiger charge is 2.42. The summed E-state index contributed by atoms with van der Waals surface area (Å²) in [5.41, 5.74) is -0.836. The molecule has 0 saturated carbocycles. The van der Waals surface area contributed by atoms with Crippen molar-refractivity contribution in [3.63, 3.8) is 0 Å². The lowest BCUT2D eigenvalue weighted by molar-refractivity contribution is -0.142. The molecule has 2 N–H and O–H groups in total. The fourth-order valence-electron chi connectivity index (χ4n) is 2.92. The molecule has 2 aromatic rings. The predicted octanol–water partition coefficient (Wildman–Crippen LogP) is 1.94. The van der Waals surface area contributed by atoms with Gasteiger partial charge in [0, 0.05) is 5.56 Å². The van der Waals surface area contributed by atoms with Crippen LogP contribution >= 0.6 is 0 Å². The minimum atomic E-state index is -1.67. The van der Waals surface area contributed by atoms with Crippen LogP contribution in [0.2, 0.25) is 0 Å². The van der Waals surface area contributed by atoms with E-state index in [1.807, 2.05) is 30.3 Å². The second-order valence-corrected chi connectivity index (χ2v) is 5.76. The van der Waals surface area contributed by atoms with Gasteiger partial charge in [0.15, 0.2) is 5.60 Å². The molecular formula is C18H19FN2O3. The van der Waals surface area contributed by atoms with E-state index in [-0.39, 0.29) is 6.54 Å². The third-order valence-corrected chi connectivity index (χ3v) is 4.11. The number of rotatable bonds is 5. The number of carbonyl (C=O) groups is 1. The first-order valence-electron chi connectivity index (χ1n) is 7.94. The van der Waals surface area contributed by atoms with E-state index in [0.717, 1.165) is 0 Å². The number of pyridine rings is 1. The number of carbonyl (C=O) groups excluding carboxylic acids is 1. The molecule has 1 atom stereocenters. The molecule has 0 bridgehead atoms. The smallest absolute Gasteiger partial charge is 0.256 e. The van der Waals surface area contributed by atoms with Gasteiger partial charge in [-0.25, -0.2) is 4.98 Å². The zero-order valence-corrected chi connectivity index (χ0v) is 13.2. The summed E-state index contributed by atoms with van der Waals surface area (Å²) < 4.78 is 18.8. The molecule has 5 nitrogen and oxygen atoms in total. The number of amides is 1. The van der Waals surface area contributed by atoms with Gasteiger partial charge in [-0.15, -0.1) is 0 Å². The summed E-state index contributed by atoms with van der Waals surface area (Å²) in [6, 6.07) is 11.9. The summed E-state index contributed by atoms with van der Waals surface area (Å²) in [6.45, 7) is 0.556. The standard InChI is InChI=1S/C18H19FN2O3/c19-16-9-8-14-15(21-16)7-4-10-18(14,23)17(22)20-11-12-24-13-5-2-1-3-6-13/h1-3,5-6,8-9,23H,4,7,10-12H2,(H,20,22). The van der Waals surface area contributed by atoms with Gasteiger partial charge in [0.1, 0.15) is 12.4 Å². The number of fused-ring (bicyclic) bond motifs is 1. The van der Waals surface area contributed by atoms with Crippen molar-refractivity contribution in [1.82, 2.24) is 10.3 Å². The summed E-state index contributed by atoms with van der Waals surface area (Å²) in [7, 11) is 0. The lowest BCUT2D eigenvalue weighted by Gasteiger charge is -2.32. The van der Waals surface area contributed by atoms with Crippen LogP contribution < -0.4 is 10.1 Å². The Labute approximate surface area is 139 Å². The van der Waals surface area contributed by atoms with E-state index in [9.17, 15) is 14.3 Å². The van der Waals surface area contributed by atoms with Crippen LogP contribution in [0.5, 0.6) is 5.75 Å². The van der Waals surface area contributed by atoms with E-state index in [0.29, 0.717) is 42.9 Å². The van der Waals surface area contributed by atoms with Crippen molar-refractivity contribution in [3.05, 3.63) is 59.7 Å². The van der Waals surface area contributed by atoms with Crippen molar-refractivity contribution >= 4 is 5.91 Å². The average molecular weight is 330 g/mol. The van der Waals surface area contributed by atoms with Gasteiger partial charge < -0.3 is 15.2 Å². The molecule has 0 radical (unpaired) electrons. The number of halogens is 1. The number of hydrogen-bond donors (Lipinski definition) is 2. The SMILES string of the molecule is O=C(NCCOc1ccccc1)C1(O)CCCc2nc(F)ccc21. The Morgan fingerprint density at radius 3 is 2.88 bits per heavy atom. The highest BCUT2D eigenvalue weighted by Crippen LogP contribution is 2.34. The van der Waals surface area contributed by atoms with Crippen LogP contribution in [0.25, 0.3) is 0 Å². The topological polar surface area (TPSA) is 71.5 Å². The Morgan fingerprint density at radius 2 is 2.08 bits per heavy atom. The Morgan fingerprint density at radius 1 is 1.29 bits per heavy atom. The maximum atomic E-state index is 13.2. The van der Waals surface area contributed by atoms with Crippen molar-refractivity contribution in [2.24, 2.45) is 0 Å². The predicted molar refractivity (Wildman–Crippen MR) is 86.0 cm³/mol. The summed E-state index contributed by atoms with van der Waals surface area (Å²) in [5, 5.41) is 13.5. The molecule has 6 heteroatoms. The number of aliphatic hydroxyl groups is 1. The molecule has 1 unspecified atom stereocenters. The number of ether oxygens (including phenoxy) is 1. The molecule has 1 heterocycles. The van der Waals surface area contributed by atoms with Crippen molar-refractivity contribution in [3.8, 4) is 5.75 Å². The molecule has 126 valence electrons. The third kappa shape index (κ3) is 3.38. The minimum Gasteiger partial charge on any atom is -0.492 e. The van der Waals surface area contributed by atoms with Crippen LogP contribution in [0, 0.1) is 5.95 Å². The second kappa shape index (κ2) is 6.97. The molecule has 0 saturated heterocycles. The molecule has 3 rings (SSSR count). The molecule has 1 aliphatic rings. The van der Waals surface area contributed by atoms with Crippen LogP contribution in [-0.2, 0) is 16.8 Å². The lowest BCUT2D eigenvalue weighted by Crippen LogP contribution is -2.47. The summed E-state index contributed by atoms with van der Waals surface area (Å²) >= 11 is 0. The van der Waals surface area contributed by atoms with Gasteiger partial charge in [-0.05, 0) is 43.5 Å². The molecule has 0 spiro atoms. The van der Waals surface area contributed by atoms with E-state index in [2.05, 4.69) is 10.3 Å². The van der Waals surface area contributed by atoms with Crippen molar-refractivity contribution in [2.45, 2.75) is 24.9 Å². The van der Waals surface area contributed by atoms with Crippen LogP contribution in [-0.4, -0.2) is 29.1 Å². The molecule has 1 aromatic carbocycles. The molecular weight excluding hydrogens is 311 g/mol. The number of para-hydroxylation sites is 1. The normalized spacial score (nSPS) is 19.4. The van der Waals surface area contributed by atoms with Crippen LogP contribution in [0.3, 0.4) is 0 Å². The van der Waals surface area contributed by atoms with Crippen molar-refractivity contribution in [1.29, 1.82) is 0 Å². The largest absolute Gasteiger partial charge is 0.492 e. The van der Waals surface area contributed by atoms with E-state index >= 15 is 0 Å². The lowest BCUT2D eigenvalue weighted by atomic mass is 9.81. The summed E-state index contributed by atoms with van der Waals surface area (Å²) in [4.78, 5) is 16.2. The van der Waals surface area contributed by atoms with E-state index < -0.39 is 17.5 Å². The third-order valence-electron chi connectivity index (χ3n) is 4.11. The van der Waals surface area contributed by atoms with Crippen LogP contribution in [0.1, 0.15) is 24.1 Å². The van der Waals surface area contributed by atoms with Gasteiger partial charge in [-0.1, -0.05) is 18.2 Å². The van der Waals surface area contributed by atoms with E-state index in [1.165, 1.54) is 12.1 Å². The number of nitrogens with zero attached hydrogens (tertiary/aromatic N) is 1. The molecule has 0 aliphatic heterocycles. The second-order valence-electron chi connectivity index (χ2n) is 5.76. The molecule has 1 aliphatic carbocycles. The Balaban J connectivity index is 1.61. The fourth-order valence-corrected chi connectivity index (χ4v) is 2.92. The Hall–Kier alpha value is -2.47. The molecule has 0 fully saturated rings. The first-order chi connectivity index (χ1) is 11.6. The van der Waals surface area contributed by atoms with E-state index in [4.69, 9.17) is 4.74 Å². The Bertz CT molecular complexity index is 723. The first-order valence-corrected chi connectivity index (χ1v) is 7.94. The number of benzene rings is 1. The van der Waals surface area contributed by atoms with Gasteiger partial charge >= 0.3 is 0 Å². The summed E-state index contributed by atoms with van der Waals surface area (Å²) in [5.74, 6) is -0.392. The van der Waals surface area contributed by atoms with Crippen molar-refractivity contribution in [2.75, 3.05) is 13.2 Å². The zero-order chi connectivity index (χ0) is 17.0. The van der Waals surface area contributed by atoms with Gasteiger partial charge in [0.2, 0.25) is 5.95 Å². The Kier molecular flexibility index (Phi) is 4.76. The molecule has 1 amide bonds. The molecule has 1 aromatic heterocycles.